The Morgan fingerprint density at radius 3 is 3.05 bits per heavy atom. The molecule has 0 bridgehead atoms. The number of thioether (sulfide) groups is 1. The number of amides is 1. The Balaban J connectivity index is 1.88. The highest BCUT2D eigenvalue weighted by Crippen LogP contribution is 2.35. The second-order valence-electron chi connectivity index (χ2n) is 5.43. The minimum absolute atomic E-state index is 0.0690. The van der Waals surface area contributed by atoms with Crippen molar-refractivity contribution in [1.82, 2.24) is 9.78 Å². The summed E-state index contributed by atoms with van der Waals surface area (Å²) in [5.74, 6) is 2.20. The number of nitrogens with one attached hydrogen (secondary N) is 1. The molecule has 1 N–H and O–H groups in total. The first kappa shape index (κ1) is 15.4. The fraction of sp³-hybridized carbons (Fsp3) is 0.375. The maximum atomic E-state index is 12.0. The summed E-state index contributed by atoms with van der Waals surface area (Å²) >= 11 is 8.03. The monoisotopic (exact) mass is 335 g/mol. The van der Waals surface area contributed by atoms with E-state index in [1.54, 1.807) is 11.8 Å². The van der Waals surface area contributed by atoms with Gasteiger partial charge in [0.1, 0.15) is 5.82 Å². The number of aromatic nitrogens is 2. The Hall–Kier alpha value is -1.46. The molecule has 0 saturated heterocycles. The zero-order valence-electron chi connectivity index (χ0n) is 12.4. The fourth-order valence-electron chi connectivity index (χ4n) is 2.78. The molecule has 0 spiro atoms. The molecule has 1 aliphatic rings. The van der Waals surface area contributed by atoms with Crippen molar-refractivity contribution in [3.63, 3.8) is 0 Å². The number of nitrogens with zero attached hydrogens (tertiary/aromatic N) is 2. The van der Waals surface area contributed by atoms with Crippen LogP contribution in [0.3, 0.4) is 0 Å². The van der Waals surface area contributed by atoms with E-state index < -0.39 is 0 Å². The molecule has 0 unspecified atom stereocenters. The molecule has 22 heavy (non-hydrogen) atoms. The van der Waals surface area contributed by atoms with Crippen LogP contribution in [0.4, 0.5) is 5.82 Å². The predicted molar refractivity (Wildman–Crippen MR) is 91.8 cm³/mol. The number of fused-ring (bicyclic) bond motifs is 1. The molecule has 0 aliphatic carbocycles. The molecule has 3 rings (SSSR count). The number of hydrogen-bond donors (Lipinski definition) is 1. The van der Waals surface area contributed by atoms with Crippen LogP contribution in [0.2, 0.25) is 5.02 Å². The minimum atomic E-state index is 0.0690. The molecule has 2 aromatic rings. The van der Waals surface area contributed by atoms with E-state index in [9.17, 15) is 4.79 Å². The maximum Gasteiger partial charge on any atom is 0.226 e. The Morgan fingerprint density at radius 1 is 1.45 bits per heavy atom. The first-order valence-electron chi connectivity index (χ1n) is 7.27. The van der Waals surface area contributed by atoms with Crippen molar-refractivity contribution in [2.75, 3.05) is 17.3 Å². The van der Waals surface area contributed by atoms with E-state index >= 15 is 0 Å². The van der Waals surface area contributed by atoms with Gasteiger partial charge in [-0.3, -0.25) is 4.79 Å². The van der Waals surface area contributed by atoms with E-state index in [1.807, 2.05) is 35.1 Å². The Kier molecular flexibility index (Phi) is 4.74. The average Bonchev–Trinajstić information content (AvgIpc) is 2.90. The van der Waals surface area contributed by atoms with Crippen molar-refractivity contribution in [2.45, 2.75) is 25.3 Å². The number of anilines is 1. The number of rotatable bonds is 5. The number of halogens is 1. The molecular formula is C16H18ClN3OS. The number of hydrogen-bond acceptors (Lipinski definition) is 3. The molecule has 116 valence electrons. The first-order valence-corrected chi connectivity index (χ1v) is 9.04. The van der Waals surface area contributed by atoms with E-state index in [1.165, 1.54) is 0 Å². The third-order valence-electron chi connectivity index (χ3n) is 3.95. The van der Waals surface area contributed by atoms with Gasteiger partial charge in [0.25, 0.3) is 0 Å². The molecule has 1 aromatic carbocycles. The Morgan fingerprint density at radius 2 is 2.27 bits per heavy atom. The van der Waals surface area contributed by atoms with Crippen LogP contribution in [0.25, 0.3) is 0 Å². The van der Waals surface area contributed by atoms with Crippen LogP contribution >= 0.6 is 23.4 Å². The van der Waals surface area contributed by atoms with Gasteiger partial charge in [0.05, 0.1) is 12.7 Å². The largest absolute Gasteiger partial charge is 0.311 e. The second kappa shape index (κ2) is 6.75. The lowest BCUT2D eigenvalue weighted by atomic mass is 9.92. The third-order valence-corrected chi connectivity index (χ3v) is 4.96. The summed E-state index contributed by atoms with van der Waals surface area (Å²) in [7, 11) is 0. The standard InChI is InChI=1S/C16H18ClN3OS/c1-22-7-6-11-8-15(21)19-16-13(11)9-18-20(16)10-12-4-2-3-5-14(12)17/h2-5,9,11H,6-8,10H2,1H3,(H,19,21)/t11-/m0/s1. The SMILES string of the molecule is CSCC[C@H]1CC(=O)Nc2c1cnn2Cc1ccccc1Cl. The van der Waals surface area contributed by atoms with E-state index in [4.69, 9.17) is 11.6 Å². The van der Waals surface area contributed by atoms with Gasteiger partial charge in [-0.2, -0.15) is 16.9 Å². The molecule has 4 nitrogen and oxygen atoms in total. The molecule has 6 heteroatoms. The average molecular weight is 336 g/mol. The summed E-state index contributed by atoms with van der Waals surface area (Å²) in [4.78, 5) is 12.0. The highest BCUT2D eigenvalue weighted by molar-refractivity contribution is 7.98. The lowest BCUT2D eigenvalue weighted by molar-refractivity contribution is -0.116. The number of carbonyl (C=O) groups excluding carboxylic acids is 1. The van der Waals surface area contributed by atoms with Gasteiger partial charge < -0.3 is 5.32 Å². The van der Waals surface area contributed by atoms with Crippen molar-refractivity contribution in [3.8, 4) is 0 Å². The highest BCUT2D eigenvalue weighted by atomic mass is 35.5. The first-order chi connectivity index (χ1) is 10.7. The Labute approximate surface area is 139 Å². The van der Waals surface area contributed by atoms with Crippen LogP contribution in [-0.4, -0.2) is 27.7 Å². The van der Waals surface area contributed by atoms with E-state index in [-0.39, 0.29) is 11.8 Å². The van der Waals surface area contributed by atoms with Crippen molar-refractivity contribution < 1.29 is 4.79 Å². The summed E-state index contributed by atoms with van der Waals surface area (Å²) in [5, 5.41) is 8.15. The van der Waals surface area contributed by atoms with Crippen molar-refractivity contribution in [1.29, 1.82) is 0 Å². The summed E-state index contributed by atoms with van der Waals surface area (Å²) < 4.78 is 1.83. The molecule has 1 amide bonds. The summed E-state index contributed by atoms with van der Waals surface area (Å²) in [6, 6.07) is 7.71. The lowest BCUT2D eigenvalue weighted by Gasteiger charge is -2.23. The van der Waals surface area contributed by atoms with Gasteiger partial charge in [0, 0.05) is 17.0 Å². The smallest absolute Gasteiger partial charge is 0.226 e. The molecule has 1 atom stereocenters. The second-order valence-corrected chi connectivity index (χ2v) is 6.82. The normalized spacial score (nSPS) is 17.2. The molecular weight excluding hydrogens is 318 g/mol. The van der Waals surface area contributed by atoms with E-state index in [0.717, 1.165) is 29.1 Å². The van der Waals surface area contributed by atoms with Gasteiger partial charge >= 0.3 is 0 Å². The zero-order valence-corrected chi connectivity index (χ0v) is 14.0. The molecule has 0 radical (unpaired) electrons. The highest BCUT2D eigenvalue weighted by Gasteiger charge is 2.28. The molecule has 1 aliphatic heterocycles. The van der Waals surface area contributed by atoms with Crippen LogP contribution in [0, 0.1) is 0 Å². The number of benzene rings is 1. The minimum Gasteiger partial charge on any atom is -0.311 e. The van der Waals surface area contributed by atoms with Gasteiger partial charge in [0.2, 0.25) is 5.91 Å². The predicted octanol–water partition coefficient (Wildman–Crippen LogP) is 3.76. The van der Waals surface area contributed by atoms with Crippen molar-refractivity contribution in [3.05, 3.63) is 46.6 Å². The molecule has 0 saturated carbocycles. The zero-order chi connectivity index (χ0) is 15.5. The summed E-state index contributed by atoms with van der Waals surface area (Å²) in [5.41, 5.74) is 2.14. The van der Waals surface area contributed by atoms with Gasteiger partial charge in [-0.25, -0.2) is 4.68 Å². The summed E-state index contributed by atoms with van der Waals surface area (Å²) in [6.07, 6.45) is 5.52. The fourth-order valence-corrected chi connectivity index (χ4v) is 3.49. The van der Waals surface area contributed by atoms with Crippen molar-refractivity contribution >= 4 is 35.1 Å². The topological polar surface area (TPSA) is 46.9 Å². The van der Waals surface area contributed by atoms with Gasteiger partial charge in [-0.05, 0) is 36.0 Å². The van der Waals surface area contributed by atoms with Gasteiger partial charge in [-0.15, -0.1) is 0 Å². The molecule has 1 aromatic heterocycles. The quantitative estimate of drug-likeness (QED) is 0.904. The van der Waals surface area contributed by atoms with Gasteiger partial charge in [-0.1, -0.05) is 29.8 Å². The van der Waals surface area contributed by atoms with Crippen LogP contribution in [-0.2, 0) is 11.3 Å². The van der Waals surface area contributed by atoms with E-state index in [0.29, 0.717) is 18.0 Å². The van der Waals surface area contributed by atoms with Crippen LogP contribution in [0.1, 0.15) is 29.9 Å². The van der Waals surface area contributed by atoms with Crippen LogP contribution in [0.5, 0.6) is 0 Å². The van der Waals surface area contributed by atoms with Crippen molar-refractivity contribution in [2.24, 2.45) is 0 Å². The third kappa shape index (κ3) is 3.15. The maximum absolute atomic E-state index is 12.0. The van der Waals surface area contributed by atoms with Crippen LogP contribution < -0.4 is 5.32 Å². The summed E-state index contributed by atoms with van der Waals surface area (Å²) in [6.45, 7) is 0.560. The molecule has 0 fully saturated rings. The van der Waals surface area contributed by atoms with Gasteiger partial charge in [0.15, 0.2) is 0 Å². The molecule has 2 heterocycles. The van der Waals surface area contributed by atoms with Crippen LogP contribution in [0.15, 0.2) is 30.5 Å². The van der Waals surface area contributed by atoms with E-state index in [2.05, 4.69) is 16.7 Å². The number of carbonyl (C=O) groups is 1. The Bertz CT molecular complexity index is 686. The lowest BCUT2D eigenvalue weighted by Crippen LogP contribution is -2.24.